The highest BCUT2D eigenvalue weighted by atomic mass is 32.2. The van der Waals surface area contributed by atoms with E-state index in [2.05, 4.69) is 65.8 Å². The van der Waals surface area contributed by atoms with Crippen LogP contribution in [0.15, 0.2) is 85.5 Å². The summed E-state index contributed by atoms with van der Waals surface area (Å²) in [5.41, 5.74) is 5.34. The summed E-state index contributed by atoms with van der Waals surface area (Å²) in [7, 11) is -1.94. The van der Waals surface area contributed by atoms with Crippen LogP contribution in [0.3, 0.4) is 0 Å². The first-order valence-corrected chi connectivity index (χ1v) is 18.9. The van der Waals surface area contributed by atoms with Crippen LogP contribution in [-0.2, 0) is 34.6 Å². The van der Waals surface area contributed by atoms with E-state index in [-0.39, 0.29) is 0 Å². The molecule has 6 rings (SSSR count). The number of allylic oxidation sites excluding steroid dienone is 5. The van der Waals surface area contributed by atoms with E-state index in [9.17, 15) is 8.42 Å². The quantitative estimate of drug-likeness (QED) is 0.262. The molecule has 2 aliphatic carbocycles. The highest BCUT2D eigenvalue weighted by molar-refractivity contribution is 8.03. The van der Waals surface area contributed by atoms with Gasteiger partial charge in [-0.3, -0.25) is 8.42 Å². The lowest BCUT2D eigenvalue weighted by Gasteiger charge is -2.31. The molecule has 0 radical (unpaired) electrons. The lowest BCUT2D eigenvalue weighted by atomic mass is 9.75. The van der Waals surface area contributed by atoms with Gasteiger partial charge in [-0.05, 0) is 98.9 Å². The van der Waals surface area contributed by atoms with Crippen molar-refractivity contribution >= 4 is 60.6 Å². The molecule has 0 spiro atoms. The SMILES string of the molecule is CCN1/C(=C/C2=CC3=CC(Cc4sc5ccc(S(C)=O)cc5[n+]4CC)CCC3CC2)Sc2ccc(S(C)=O)cc21. The number of hydrogen-bond acceptors (Lipinski definition) is 5. The van der Waals surface area contributed by atoms with Crippen LogP contribution >= 0.6 is 23.1 Å². The Morgan fingerprint density at radius 1 is 1.02 bits per heavy atom. The third kappa shape index (κ3) is 5.44. The van der Waals surface area contributed by atoms with E-state index < -0.39 is 21.6 Å². The summed E-state index contributed by atoms with van der Waals surface area (Å²) in [5.74, 6) is 1.23. The van der Waals surface area contributed by atoms with Crippen molar-refractivity contribution in [2.75, 3.05) is 24.0 Å². The lowest BCUT2D eigenvalue weighted by molar-refractivity contribution is -0.671. The molecule has 0 saturated heterocycles. The first-order chi connectivity index (χ1) is 19.3. The van der Waals surface area contributed by atoms with E-state index in [4.69, 9.17) is 0 Å². The van der Waals surface area contributed by atoms with Gasteiger partial charge in [0.1, 0.15) is 11.2 Å². The Balaban J connectivity index is 1.25. The van der Waals surface area contributed by atoms with Gasteiger partial charge in [0.25, 0.3) is 0 Å². The van der Waals surface area contributed by atoms with E-state index >= 15 is 0 Å². The summed E-state index contributed by atoms with van der Waals surface area (Å²) in [4.78, 5) is 5.41. The van der Waals surface area contributed by atoms with Crippen molar-refractivity contribution < 1.29 is 13.0 Å². The van der Waals surface area contributed by atoms with Gasteiger partial charge in [-0.25, -0.2) is 0 Å². The zero-order valence-electron chi connectivity index (χ0n) is 23.6. The molecular weight excluding hydrogens is 573 g/mol. The predicted octanol–water partition coefficient (Wildman–Crippen LogP) is 7.37. The molecule has 0 amide bonds. The van der Waals surface area contributed by atoms with Crippen molar-refractivity contribution in [1.82, 2.24) is 0 Å². The number of anilines is 1. The maximum atomic E-state index is 12.1. The monoisotopic (exact) mass is 609 g/mol. The van der Waals surface area contributed by atoms with Gasteiger partial charge >= 0.3 is 0 Å². The minimum absolute atomic E-state index is 0.547. The number of hydrogen-bond donors (Lipinski definition) is 0. The number of thioether (sulfide) groups is 1. The Kier molecular flexibility index (Phi) is 8.23. The van der Waals surface area contributed by atoms with Crippen LogP contribution in [0.1, 0.15) is 44.5 Å². The number of fused-ring (bicyclic) bond motifs is 3. The smallest absolute Gasteiger partial charge is 0.238 e. The molecular formula is C32H37N2O2S4+. The Morgan fingerprint density at radius 2 is 1.80 bits per heavy atom. The molecule has 3 aliphatic rings. The van der Waals surface area contributed by atoms with Gasteiger partial charge in [0, 0.05) is 57.0 Å². The minimum atomic E-state index is -0.976. The van der Waals surface area contributed by atoms with E-state index in [1.165, 1.54) is 61.2 Å². The summed E-state index contributed by atoms with van der Waals surface area (Å²) in [5, 5.41) is 2.70. The highest BCUT2D eigenvalue weighted by Gasteiger charge is 2.30. The summed E-state index contributed by atoms with van der Waals surface area (Å²) in [6, 6.07) is 12.5. The number of nitrogens with zero attached hydrogens (tertiary/aromatic N) is 2. The zero-order valence-corrected chi connectivity index (χ0v) is 26.9. The third-order valence-electron chi connectivity index (χ3n) is 8.41. The van der Waals surface area contributed by atoms with Crippen LogP contribution in [0, 0.1) is 11.8 Å². The number of rotatable bonds is 7. The Hall–Kier alpha value is -2.00. The largest absolute Gasteiger partial charge is 0.335 e. The molecule has 0 saturated carbocycles. The van der Waals surface area contributed by atoms with Crippen LogP contribution in [0.5, 0.6) is 0 Å². The molecule has 2 aromatic carbocycles. The zero-order chi connectivity index (χ0) is 28.0. The van der Waals surface area contributed by atoms with Gasteiger partial charge < -0.3 is 4.90 Å². The van der Waals surface area contributed by atoms with Crippen LogP contribution in [-0.4, -0.2) is 27.5 Å². The number of aryl methyl sites for hydroxylation is 1. The lowest BCUT2D eigenvalue weighted by Crippen LogP contribution is -2.36. The molecule has 210 valence electrons. The van der Waals surface area contributed by atoms with E-state index in [0.29, 0.717) is 11.8 Å². The topological polar surface area (TPSA) is 41.3 Å². The fraction of sp³-hybridized carbons (Fsp3) is 0.406. The second-order valence-electron chi connectivity index (χ2n) is 10.9. The average Bonchev–Trinajstić information content (AvgIpc) is 3.47. The van der Waals surface area contributed by atoms with E-state index in [0.717, 1.165) is 35.7 Å². The van der Waals surface area contributed by atoms with Crippen LogP contribution in [0.2, 0.25) is 0 Å². The molecule has 0 bridgehead atoms. The molecule has 8 heteroatoms. The van der Waals surface area contributed by atoms with Crippen LogP contribution in [0.25, 0.3) is 10.2 Å². The molecule has 4 unspecified atom stereocenters. The molecule has 4 nitrogen and oxygen atoms in total. The molecule has 0 fully saturated rings. The summed E-state index contributed by atoms with van der Waals surface area (Å²) in [6.45, 7) is 6.24. The fourth-order valence-corrected chi connectivity index (χ4v) is 9.87. The Bertz CT molecular complexity index is 1620. The van der Waals surface area contributed by atoms with Crippen LogP contribution < -0.4 is 9.47 Å². The third-order valence-corrected chi connectivity index (χ3v) is 12.5. The summed E-state index contributed by atoms with van der Waals surface area (Å²) < 4.78 is 27.9. The molecule has 0 N–H and O–H groups in total. The molecule has 2 heterocycles. The number of aromatic nitrogens is 1. The second-order valence-corrected chi connectivity index (χ2v) is 15.8. The number of thiazole rings is 1. The van der Waals surface area contributed by atoms with Gasteiger partial charge in [-0.15, -0.1) is 0 Å². The van der Waals surface area contributed by atoms with Gasteiger partial charge in [-0.2, -0.15) is 4.57 Å². The van der Waals surface area contributed by atoms with Gasteiger partial charge in [0.05, 0.1) is 21.5 Å². The average molecular weight is 610 g/mol. The van der Waals surface area contributed by atoms with Crippen molar-refractivity contribution in [2.45, 2.75) is 67.2 Å². The first-order valence-electron chi connectivity index (χ1n) is 14.2. The Labute approximate surface area is 251 Å². The Morgan fingerprint density at radius 3 is 2.55 bits per heavy atom. The first kappa shape index (κ1) is 28.1. The minimum Gasteiger partial charge on any atom is -0.335 e. The van der Waals surface area contributed by atoms with Crippen molar-refractivity contribution in [2.24, 2.45) is 11.8 Å². The van der Waals surface area contributed by atoms with Gasteiger partial charge in [-0.1, -0.05) is 35.3 Å². The van der Waals surface area contributed by atoms with Crippen molar-refractivity contribution in [3.8, 4) is 0 Å². The molecule has 3 aromatic rings. The number of benzene rings is 2. The van der Waals surface area contributed by atoms with E-state index in [1.807, 2.05) is 35.2 Å². The molecule has 1 aromatic heterocycles. The van der Waals surface area contributed by atoms with Gasteiger partial charge in [0.15, 0.2) is 0 Å². The summed E-state index contributed by atoms with van der Waals surface area (Å²) in [6.07, 6.45) is 16.9. The normalized spacial score (nSPS) is 23.1. The van der Waals surface area contributed by atoms with Crippen LogP contribution in [0.4, 0.5) is 5.69 Å². The highest BCUT2D eigenvalue weighted by Crippen LogP contribution is 2.48. The van der Waals surface area contributed by atoms with Crippen molar-refractivity contribution in [1.29, 1.82) is 0 Å². The van der Waals surface area contributed by atoms with Crippen molar-refractivity contribution in [3.63, 3.8) is 0 Å². The van der Waals surface area contributed by atoms with Crippen molar-refractivity contribution in [3.05, 3.63) is 75.8 Å². The molecule has 1 aliphatic heterocycles. The standard InChI is InChI=1S/C32H37N2O2S4/c1-5-33-27-19-25(39(3)35)11-13-29(27)37-31(33)17-21-7-9-23-10-8-22(16-24(23)15-21)18-32-34(6-2)28-20-26(40(4)36)12-14-30(28)38-32/h11-17,19-20,22-23H,5-10,18H2,1-4H3/q+1/b31-17-. The predicted molar refractivity (Wildman–Crippen MR) is 171 cm³/mol. The maximum absolute atomic E-state index is 12.1. The second kappa shape index (κ2) is 11.7. The van der Waals surface area contributed by atoms with Gasteiger partial charge in [0.2, 0.25) is 10.5 Å². The molecule has 4 atom stereocenters. The molecule has 40 heavy (non-hydrogen) atoms. The maximum Gasteiger partial charge on any atom is 0.238 e. The van der Waals surface area contributed by atoms with E-state index in [1.54, 1.807) is 12.5 Å². The fourth-order valence-electron chi connectivity index (χ4n) is 6.32. The summed E-state index contributed by atoms with van der Waals surface area (Å²) >= 11 is 3.73.